The third-order valence-corrected chi connectivity index (χ3v) is 5.49. The summed E-state index contributed by atoms with van der Waals surface area (Å²) < 4.78 is 12.0. The lowest BCUT2D eigenvalue weighted by molar-refractivity contribution is -0.0959. The van der Waals surface area contributed by atoms with Crippen LogP contribution in [0.4, 0.5) is 0 Å². The topological polar surface area (TPSA) is 35.5 Å². The molecule has 0 saturated carbocycles. The number of hydrogen-bond donors (Lipinski definition) is 0. The fourth-order valence-corrected chi connectivity index (χ4v) is 4.45. The van der Waals surface area contributed by atoms with Crippen molar-refractivity contribution in [3.63, 3.8) is 0 Å². The van der Waals surface area contributed by atoms with E-state index in [2.05, 4.69) is 0 Å². The molecule has 0 bridgehead atoms. The third-order valence-electron chi connectivity index (χ3n) is 3.94. The Morgan fingerprint density at radius 1 is 1.50 bits per heavy atom. The second kappa shape index (κ2) is 5.96. The first-order valence-corrected chi connectivity index (χ1v) is 8.38. The molecular formula is C15H17ClO3S. The van der Waals surface area contributed by atoms with Gasteiger partial charge in [0.05, 0.1) is 22.8 Å². The Labute approximate surface area is 128 Å². The number of hydrogen-bond acceptors (Lipinski definition) is 4. The molecule has 2 atom stereocenters. The van der Waals surface area contributed by atoms with Crippen molar-refractivity contribution < 1.29 is 14.3 Å². The Morgan fingerprint density at radius 2 is 2.40 bits per heavy atom. The van der Waals surface area contributed by atoms with Gasteiger partial charge in [-0.3, -0.25) is 4.79 Å². The number of thioether (sulfide) groups is 1. The van der Waals surface area contributed by atoms with E-state index in [1.807, 2.05) is 17.8 Å². The molecule has 3 rings (SSSR count). The first-order chi connectivity index (χ1) is 9.72. The summed E-state index contributed by atoms with van der Waals surface area (Å²) in [4.78, 5) is 11.1. The zero-order chi connectivity index (χ0) is 14.0. The van der Waals surface area contributed by atoms with Crippen LogP contribution in [0.1, 0.15) is 29.6 Å². The highest BCUT2D eigenvalue weighted by atomic mass is 35.5. The molecular weight excluding hydrogens is 296 g/mol. The van der Waals surface area contributed by atoms with Gasteiger partial charge in [-0.25, -0.2) is 0 Å². The van der Waals surface area contributed by atoms with Crippen LogP contribution in [0.2, 0.25) is 5.02 Å². The van der Waals surface area contributed by atoms with Crippen LogP contribution in [0.15, 0.2) is 18.2 Å². The zero-order valence-electron chi connectivity index (χ0n) is 11.1. The van der Waals surface area contributed by atoms with Gasteiger partial charge in [-0.2, -0.15) is 11.8 Å². The van der Waals surface area contributed by atoms with Crippen LogP contribution in [0.5, 0.6) is 5.75 Å². The molecule has 2 heterocycles. The lowest BCUT2D eigenvalue weighted by Gasteiger charge is -2.37. The molecule has 0 aliphatic carbocycles. The average Bonchev–Trinajstić information content (AvgIpc) is 2.87. The highest BCUT2D eigenvalue weighted by Crippen LogP contribution is 2.39. The van der Waals surface area contributed by atoms with Crippen molar-refractivity contribution in [3.05, 3.63) is 28.8 Å². The van der Waals surface area contributed by atoms with E-state index in [4.69, 9.17) is 21.1 Å². The molecule has 2 saturated heterocycles. The predicted octanol–water partition coefficient (Wildman–Crippen LogP) is 3.59. The summed E-state index contributed by atoms with van der Waals surface area (Å²) in [5.41, 5.74) is 0.420. The summed E-state index contributed by atoms with van der Waals surface area (Å²) in [6.45, 7) is 0.724. The standard InChI is InChI=1S/C15H17ClO3S/c16-13-2-1-3-14(12(13)9-17)19-11-4-6-18-15(8-11)5-7-20-10-15/h1-3,9,11H,4-8,10H2. The minimum Gasteiger partial charge on any atom is -0.489 e. The van der Waals surface area contributed by atoms with E-state index in [9.17, 15) is 4.79 Å². The second-order valence-electron chi connectivity index (χ2n) is 5.34. The molecule has 1 aromatic carbocycles. The summed E-state index contributed by atoms with van der Waals surface area (Å²) >= 11 is 7.97. The predicted molar refractivity (Wildman–Crippen MR) is 81.1 cm³/mol. The van der Waals surface area contributed by atoms with Crippen molar-refractivity contribution in [2.45, 2.75) is 31.0 Å². The molecule has 5 heteroatoms. The Kier molecular flexibility index (Phi) is 4.24. The lowest BCUT2D eigenvalue weighted by Crippen LogP contribution is -2.43. The third kappa shape index (κ3) is 2.83. The molecule has 2 aliphatic rings. The maximum atomic E-state index is 11.1. The molecule has 1 aromatic rings. The van der Waals surface area contributed by atoms with Crippen molar-refractivity contribution in [2.24, 2.45) is 0 Å². The van der Waals surface area contributed by atoms with Crippen LogP contribution >= 0.6 is 23.4 Å². The minimum absolute atomic E-state index is 0.0203. The summed E-state index contributed by atoms with van der Waals surface area (Å²) in [6, 6.07) is 5.32. The van der Waals surface area contributed by atoms with E-state index < -0.39 is 0 Å². The molecule has 2 aliphatic heterocycles. The maximum absolute atomic E-state index is 11.1. The van der Waals surface area contributed by atoms with Gasteiger partial charge in [-0.15, -0.1) is 0 Å². The second-order valence-corrected chi connectivity index (χ2v) is 6.85. The van der Waals surface area contributed by atoms with Crippen LogP contribution < -0.4 is 4.74 Å². The molecule has 0 aromatic heterocycles. The van der Waals surface area contributed by atoms with Crippen LogP contribution in [-0.2, 0) is 4.74 Å². The van der Waals surface area contributed by atoms with E-state index in [0.29, 0.717) is 16.3 Å². The average molecular weight is 313 g/mol. The Morgan fingerprint density at radius 3 is 3.15 bits per heavy atom. The van der Waals surface area contributed by atoms with Gasteiger partial charge in [0.25, 0.3) is 0 Å². The van der Waals surface area contributed by atoms with Gasteiger partial charge in [0.2, 0.25) is 0 Å². The lowest BCUT2D eigenvalue weighted by atomic mass is 9.91. The number of benzene rings is 1. The van der Waals surface area contributed by atoms with Crippen LogP contribution in [0, 0.1) is 0 Å². The van der Waals surface area contributed by atoms with E-state index in [1.165, 1.54) is 0 Å². The van der Waals surface area contributed by atoms with Gasteiger partial charge in [-0.1, -0.05) is 17.7 Å². The van der Waals surface area contributed by atoms with E-state index in [-0.39, 0.29) is 11.7 Å². The van der Waals surface area contributed by atoms with Crippen molar-refractivity contribution in [3.8, 4) is 5.75 Å². The first-order valence-electron chi connectivity index (χ1n) is 6.84. The van der Waals surface area contributed by atoms with Gasteiger partial charge in [-0.05, 0) is 24.3 Å². The van der Waals surface area contributed by atoms with Gasteiger partial charge >= 0.3 is 0 Å². The van der Waals surface area contributed by atoms with Gasteiger partial charge in [0.15, 0.2) is 6.29 Å². The number of carbonyl (C=O) groups excluding carboxylic acids is 1. The molecule has 0 amide bonds. The molecule has 2 fully saturated rings. The Hall–Kier alpha value is -0.710. The van der Waals surface area contributed by atoms with Crippen molar-refractivity contribution >= 4 is 29.6 Å². The maximum Gasteiger partial charge on any atom is 0.155 e. The molecule has 0 radical (unpaired) electrons. The first kappa shape index (κ1) is 14.2. The van der Waals surface area contributed by atoms with Crippen molar-refractivity contribution in [1.82, 2.24) is 0 Å². The van der Waals surface area contributed by atoms with E-state index in [0.717, 1.165) is 43.7 Å². The number of carbonyl (C=O) groups is 1. The molecule has 1 spiro atoms. The number of rotatable bonds is 3. The van der Waals surface area contributed by atoms with Crippen LogP contribution in [0.25, 0.3) is 0 Å². The Bertz CT molecular complexity index is 500. The van der Waals surface area contributed by atoms with Crippen LogP contribution in [0.3, 0.4) is 0 Å². The molecule has 0 N–H and O–H groups in total. The fraction of sp³-hybridized carbons (Fsp3) is 0.533. The van der Waals surface area contributed by atoms with Gasteiger partial charge in [0, 0.05) is 18.6 Å². The highest BCUT2D eigenvalue weighted by molar-refractivity contribution is 7.99. The molecule has 3 nitrogen and oxygen atoms in total. The zero-order valence-corrected chi connectivity index (χ0v) is 12.7. The highest BCUT2D eigenvalue weighted by Gasteiger charge is 2.41. The van der Waals surface area contributed by atoms with Gasteiger partial charge < -0.3 is 9.47 Å². The summed E-state index contributed by atoms with van der Waals surface area (Å²) in [5, 5.41) is 0.440. The normalized spacial score (nSPS) is 29.6. The monoisotopic (exact) mass is 312 g/mol. The van der Waals surface area contributed by atoms with Gasteiger partial charge in [0.1, 0.15) is 11.9 Å². The molecule has 20 heavy (non-hydrogen) atoms. The number of halogens is 1. The minimum atomic E-state index is -0.0203. The quantitative estimate of drug-likeness (QED) is 0.799. The number of ether oxygens (including phenoxy) is 2. The summed E-state index contributed by atoms with van der Waals surface area (Å²) in [5.74, 6) is 2.78. The summed E-state index contributed by atoms with van der Waals surface area (Å²) in [6.07, 6.45) is 3.70. The van der Waals surface area contributed by atoms with E-state index in [1.54, 1.807) is 12.1 Å². The van der Waals surface area contributed by atoms with E-state index >= 15 is 0 Å². The Balaban J connectivity index is 1.74. The fourth-order valence-electron chi connectivity index (χ4n) is 2.86. The van der Waals surface area contributed by atoms with Crippen LogP contribution in [-0.4, -0.2) is 36.1 Å². The number of aldehydes is 1. The molecule has 108 valence electrons. The summed E-state index contributed by atoms with van der Waals surface area (Å²) in [7, 11) is 0. The largest absolute Gasteiger partial charge is 0.489 e. The SMILES string of the molecule is O=Cc1c(Cl)cccc1OC1CCOC2(CCSC2)C1. The smallest absolute Gasteiger partial charge is 0.155 e. The molecule has 2 unspecified atom stereocenters. The van der Waals surface area contributed by atoms with Crippen molar-refractivity contribution in [2.75, 3.05) is 18.1 Å². The van der Waals surface area contributed by atoms with Crippen molar-refractivity contribution in [1.29, 1.82) is 0 Å².